The van der Waals surface area contributed by atoms with Crippen LogP contribution in [0.2, 0.25) is 0 Å². The predicted molar refractivity (Wildman–Crippen MR) is 370 cm³/mol. The van der Waals surface area contributed by atoms with Gasteiger partial charge in [-0.2, -0.15) is 0 Å². The molecule has 0 bridgehead atoms. The zero-order valence-electron chi connectivity index (χ0n) is 52.7. The fraction of sp³-hybridized carbons (Fsp3) is 0.214. The van der Waals surface area contributed by atoms with Crippen LogP contribution in [0.1, 0.15) is 69.5 Å². The summed E-state index contributed by atoms with van der Waals surface area (Å²) in [4.78, 5) is 48.4. The second-order valence-electron chi connectivity index (χ2n) is 22.2. The van der Waals surface area contributed by atoms with Crippen molar-refractivity contribution in [2.75, 3.05) is 68.8 Å². The Hall–Kier alpha value is -10.3. The molecule has 1 aliphatic rings. The molecule has 94 heavy (non-hydrogen) atoms. The first-order valence-corrected chi connectivity index (χ1v) is 35.3. The van der Waals surface area contributed by atoms with Gasteiger partial charge in [-0.15, -0.1) is 0 Å². The maximum absolute atomic E-state index is 12.9. The normalized spacial score (nSPS) is 12.3. The molecule has 24 heteroatoms. The molecule has 0 unspecified atom stereocenters. The fourth-order valence-corrected chi connectivity index (χ4v) is 11.3. The number of anilines is 6. The third kappa shape index (κ3) is 19.9. The van der Waals surface area contributed by atoms with Crippen molar-refractivity contribution in [2.45, 2.75) is 51.9 Å². The average molecular weight is 1330 g/mol. The lowest BCUT2D eigenvalue weighted by Gasteiger charge is -2.23. The second kappa shape index (κ2) is 31.8. The Bertz CT molecular complexity index is 4490. The van der Waals surface area contributed by atoms with E-state index in [1.165, 1.54) is 74.3 Å². The molecule has 0 spiro atoms. The molecule has 1 fully saturated rings. The molecule has 3 N–H and O–H groups in total. The molecule has 1 aliphatic carbocycles. The van der Waals surface area contributed by atoms with Crippen LogP contribution in [0.4, 0.5) is 39.8 Å². The highest BCUT2D eigenvalue weighted by Gasteiger charge is 2.25. The van der Waals surface area contributed by atoms with Crippen molar-refractivity contribution < 1.29 is 58.8 Å². The van der Waals surface area contributed by atoms with E-state index in [4.69, 9.17) is 14.2 Å². The van der Waals surface area contributed by atoms with E-state index in [2.05, 4.69) is 16.0 Å². The Kier molecular flexibility index (Phi) is 23.6. The van der Waals surface area contributed by atoms with E-state index < -0.39 is 40.9 Å². The summed E-state index contributed by atoms with van der Waals surface area (Å²) in [6.45, 7) is 0.743. The van der Waals surface area contributed by atoms with Crippen molar-refractivity contribution >= 4 is 98.4 Å². The molecule has 0 saturated heterocycles. The number of hydrogen-bond donors (Lipinski definition) is 3. The number of fused-ring (bicyclic) bond motifs is 1. The number of nitrogens with zero attached hydrogens (tertiary/aromatic N) is 4. The molecule has 0 aliphatic heterocycles. The maximum atomic E-state index is 12.9. The van der Waals surface area contributed by atoms with Crippen LogP contribution in [0.25, 0.3) is 10.8 Å². The first-order chi connectivity index (χ1) is 44.8. The van der Waals surface area contributed by atoms with E-state index in [0.717, 1.165) is 80.5 Å². The van der Waals surface area contributed by atoms with E-state index in [0.29, 0.717) is 57.8 Å². The second-order valence-corrected chi connectivity index (χ2v) is 28.2. The van der Waals surface area contributed by atoms with Crippen LogP contribution < -0.4 is 43.1 Å². The molecular formula is C70H73N7O14S3. The first-order valence-electron chi connectivity index (χ1n) is 29.7. The lowest BCUT2D eigenvalue weighted by molar-refractivity contribution is -0.384. The Morgan fingerprint density at radius 1 is 0.436 bits per heavy atom. The molecule has 0 heterocycles. The summed E-state index contributed by atoms with van der Waals surface area (Å²) >= 11 is 0. The van der Waals surface area contributed by atoms with Gasteiger partial charge < -0.3 is 30.2 Å². The summed E-state index contributed by atoms with van der Waals surface area (Å²) in [5, 5.41) is 21.5. The standard InChI is InChI=1S/C26H24N2O4S.C22H21N3O6S.C22H28N2O4S/c1-28(33(2,30)31)24-15-14-23(17-25(24)32-18-19-8-4-3-5-9-19)27-26(29)22-13-12-20-10-6-7-11-21(20)16-22;1-24(32(2,29)30)20-12-11-18(14-21(20)31-15-16-7-4-3-5-8-16)23-22(26)17-9-6-10-19(13-17)25(27)28;1-24(29(2,26)27)20-14-13-19(23-22(25)18-11-7-4-8-12-18)15-21(20)28-16-17-9-5-3-6-10-17/h3-17H,18H2,1-2H3,(H,27,29);3-14H,15H2,1-2H3,(H,23,26);3,5-6,9-10,13-15,18H,4,7-8,11-12,16H2,1-2H3,(H,23,25). The number of nitro groups is 1. The maximum Gasteiger partial charge on any atom is 0.270 e. The van der Waals surface area contributed by atoms with Crippen LogP contribution in [-0.4, -0.2) is 87.8 Å². The van der Waals surface area contributed by atoms with E-state index in [1.807, 2.05) is 127 Å². The van der Waals surface area contributed by atoms with Gasteiger partial charge in [0.05, 0.1) is 40.8 Å². The molecule has 0 aromatic heterocycles. The van der Waals surface area contributed by atoms with Gasteiger partial charge in [0.2, 0.25) is 36.0 Å². The molecule has 0 radical (unpaired) electrons. The van der Waals surface area contributed by atoms with Crippen molar-refractivity contribution in [3.05, 3.63) is 250 Å². The summed E-state index contributed by atoms with van der Waals surface area (Å²) < 4.78 is 93.6. The van der Waals surface area contributed by atoms with Gasteiger partial charge in [0.25, 0.3) is 17.5 Å². The number of ether oxygens (including phenoxy) is 3. The van der Waals surface area contributed by atoms with Crippen molar-refractivity contribution in [1.82, 2.24) is 0 Å². The third-order valence-corrected chi connectivity index (χ3v) is 18.8. The SMILES string of the molecule is CN(c1ccc(NC(=O)C2CCCCC2)cc1OCc1ccccc1)S(C)(=O)=O.CN(c1ccc(NC(=O)c2ccc3ccccc3c2)cc1OCc1ccccc1)S(C)(=O)=O.CN(c1ccc(NC(=O)c2cccc([N+](=O)[O-])c2)cc1OCc1ccccc1)S(C)(=O)=O. The van der Waals surface area contributed by atoms with Gasteiger partial charge in [-0.3, -0.25) is 37.4 Å². The number of non-ortho nitro benzene ring substituents is 1. The number of amides is 3. The quantitative estimate of drug-likeness (QED) is 0.0421. The van der Waals surface area contributed by atoms with E-state index in [-0.39, 0.29) is 47.9 Å². The summed E-state index contributed by atoms with van der Waals surface area (Å²) in [6, 6.07) is 61.8. The molecule has 10 rings (SSSR count). The number of nitro benzene ring substituents is 1. The van der Waals surface area contributed by atoms with E-state index in [1.54, 1.807) is 42.5 Å². The predicted octanol–water partition coefficient (Wildman–Crippen LogP) is 13.1. The number of carbonyl (C=O) groups is 3. The van der Waals surface area contributed by atoms with Gasteiger partial charge in [-0.25, -0.2) is 25.3 Å². The molecule has 3 amide bonds. The Morgan fingerprint density at radius 2 is 0.809 bits per heavy atom. The number of nitrogens with one attached hydrogen (secondary N) is 3. The average Bonchev–Trinajstić information content (AvgIpc) is 0.992. The van der Waals surface area contributed by atoms with Crippen LogP contribution in [-0.2, 0) is 54.7 Å². The molecule has 0 atom stereocenters. The van der Waals surface area contributed by atoms with Crippen molar-refractivity contribution in [3.63, 3.8) is 0 Å². The van der Waals surface area contributed by atoms with Crippen molar-refractivity contribution in [1.29, 1.82) is 0 Å². The van der Waals surface area contributed by atoms with Crippen molar-refractivity contribution in [3.8, 4) is 17.2 Å². The van der Waals surface area contributed by atoms with Gasteiger partial charge in [-0.1, -0.05) is 147 Å². The highest BCUT2D eigenvalue weighted by Crippen LogP contribution is 2.37. The van der Waals surface area contributed by atoms with Gasteiger partial charge in [-0.05, 0) is 94.9 Å². The number of benzene rings is 9. The van der Waals surface area contributed by atoms with Gasteiger partial charge in [0, 0.05) is 85.6 Å². The molecule has 9 aromatic rings. The van der Waals surface area contributed by atoms with E-state index in [9.17, 15) is 49.8 Å². The number of hydrogen-bond acceptors (Lipinski definition) is 14. The number of sulfonamides is 3. The minimum atomic E-state index is -3.55. The Balaban J connectivity index is 0.000000181. The lowest BCUT2D eigenvalue weighted by atomic mass is 9.88. The van der Waals surface area contributed by atoms with Crippen LogP contribution >= 0.6 is 0 Å². The first kappa shape index (κ1) is 69.6. The van der Waals surface area contributed by atoms with Gasteiger partial charge in [0.1, 0.15) is 37.1 Å². The summed E-state index contributed by atoms with van der Waals surface area (Å²) in [6.07, 6.45) is 8.54. The zero-order chi connectivity index (χ0) is 67.6. The Morgan fingerprint density at radius 3 is 1.20 bits per heavy atom. The van der Waals surface area contributed by atoms with Crippen LogP contribution in [0.15, 0.2) is 212 Å². The lowest BCUT2D eigenvalue weighted by Crippen LogP contribution is -2.26. The molecule has 490 valence electrons. The summed E-state index contributed by atoms with van der Waals surface area (Å²) in [7, 11) is -6.14. The Labute approximate surface area is 548 Å². The van der Waals surface area contributed by atoms with Crippen molar-refractivity contribution in [2.24, 2.45) is 5.92 Å². The van der Waals surface area contributed by atoms with Crippen LogP contribution in [0, 0.1) is 16.0 Å². The van der Waals surface area contributed by atoms with Gasteiger partial charge in [0.15, 0.2) is 0 Å². The number of rotatable bonds is 22. The molecule has 1 saturated carbocycles. The summed E-state index contributed by atoms with van der Waals surface area (Å²) in [5.74, 6) is 0.245. The topological polar surface area (TPSA) is 270 Å². The zero-order valence-corrected chi connectivity index (χ0v) is 55.1. The van der Waals surface area contributed by atoms with Crippen LogP contribution in [0.5, 0.6) is 17.2 Å². The highest BCUT2D eigenvalue weighted by atomic mass is 32.2. The monoisotopic (exact) mass is 1330 g/mol. The molecule has 21 nitrogen and oxygen atoms in total. The molecule has 9 aromatic carbocycles. The third-order valence-electron chi connectivity index (χ3n) is 15.2. The number of carbonyl (C=O) groups excluding carboxylic acids is 3. The minimum absolute atomic E-state index is 0.0166. The highest BCUT2D eigenvalue weighted by molar-refractivity contribution is 7.92. The van der Waals surface area contributed by atoms with Gasteiger partial charge >= 0.3 is 0 Å². The van der Waals surface area contributed by atoms with E-state index >= 15 is 0 Å². The fourth-order valence-electron chi connectivity index (χ4n) is 9.75. The molecular weight excluding hydrogens is 1260 g/mol. The smallest absolute Gasteiger partial charge is 0.270 e. The summed E-state index contributed by atoms with van der Waals surface area (Å²) in [5.41, 5.74) is 5.80. The van der Waals surface area contributed by atoms with Crippen LogP contribution in [0.3, 0.4) is 0 Å². The largest absolute Gasteiger partial charge is 0.487 e. The minimum Gasteiger partial charge on any atom is -0.487 e.